The van der Waals surface area contributed by atoms with Gasteiger partial charge in [-0.25, -0.2) is 0 Å². The van der Waals surface area contributed by atoms with Crippen molar-refractivity contribution in [3.63, 3.8) is 0 Å². The molecule has 1 N–H and O–H groups in total. The molecule has 2 heteroatoms. The van der Waals surface area contributed by atoms with E-state index in [9.17, 15) is 5.11 Å². The highest BCUT2D eigenvalue weighted by atomic mass is 16.5. The maximum absolute atomic E-state index is 10.2. The largest absolute Gasteiger partial charge is 0.490 e. The summed E-state index contributed by atoms with van der Waals surface area (Å²) in [7, 11) is 0. The van der Waals surface area contributed by atoms with Crippen LogP contribution >= 0.6 is 0 Å². The fraction of sp³-hybridized carbons (Fsp3) is 0.647. The first-order valence-corrected chi connectivity index (χ1v) is 7.74. The van der Waals surface area contributed by atoms with Crippen LogP contribution in [0.4, 0.5) is 0 Å². The molecule has 0 amide bonds. The molecule has 0 spiro atoms. The number of hydrogen-bond donors (Lipinski definition) is 1. The normalized spacial score (nSPS) is 16.3. The first-order chi connectivity index (χ1) is 9.29. The molecule has 0 aromatic heterocycles. The topological polar surface area (TPSA) is 29.5 Å². The van der Waals surface area contributed by atoms with E-state index in [0.29, 0.717) is 6.10 Å². The van der Waals surface area contributed by atoms with E-state index in [2.05, 4.69) is 6.92 Å². The van der Waals surface area contributed by atoms with E-state index >= 15 is 0 Å². The van der Waals surface area contributed by atoms with Crippen LogP contribution in [0, 0.1) is 0 Å². The number of benzene rings is 1. The van der Waals surface area contributed by atoms with Gasteiger partial charge < -0.3 is 9.84 Å². The average molecular weight is 262 g/mol. The van der Waals surface area contributed by atoms with Crippen molar-refractivity contribution in [2.24, 2.45) is 0 Å². The Bertz CT molecular complexity index is 371. The predicted molar refractivity (Wildman–Crippen MR) is 78.4 cm³/mol. The van der Waals surface area contributed by atoms with Crippen LogP contribution < -0.4 is 4.74 Å². The third kappa shape index (κ3) is 5.23. The lowest BCUT2D eigenvalue weighted by Crippen LogP contribution is -2.00. The average Bonchev–Trinajstić information content (AvgIpc) is 3.22. The lowest BCUT2D eigenvalue weighted by Gasteiger charge is -2.12. The Hall–Kier alpha value is -1.02. The highest BCUT2D eigenvalue weighted by Gasteiger charge is 2.23. The summed E-state index contributed by atoms with van der Waals surface area (Å²) in [6.45, 7) is 2.22. The van der Waals surface area contributed by atoms with E-state index in [0.717, 1.165) is 24.2 Å². The second kappa shape index (κ2) is 7.54. The molecule has 0 radical (unpaired) electrons. The summed E-state index contributed by atoms with van der Waals surface area (Å²) < 4.78 is 5.76. The molecule has 1 aromatic rings. The van der Waals surface area contributed by atoms with Crippen molar-refractivity contribution >= 4 is 0 Å². The first kappa shape index (κ1) is 14.4. The number of aliphatic hydroxyl groups excluding tert-OH is 1. The van der Waals surface area contributed by atoms with Crippen molar-refractivity contribution in [3.8, 4) is 5.75 Å². The molecule has 2 nitrogen and oxygen atoms in total. The van der Waals surface area contributed by atoms with Crippen molar-refractivity contribution in [1.82, 2.24) is 0 Å². The SMILES string of the molecule is CCCCCCCC(O)c1cccc(OC2CC2)c1. The highest BCUT2D eigenvalue weighted by Crippen LogP contribution is 2.29. The summed E-state index contributed by atoms with van der Waals surface area (Å²) in [5.41, 5.74) is 0.994. The van der Waals surface area contributed by atoms with E-state index in [-0.39, 0.29) is 6.10 Å². The molecule has 2 rings (SSSR count). The molecule has 1 unspecified atom stereocenters. The van der Waals surface area contributed by atoms with Gasteiger partial charge in [-0.2, -0.15) is 0 Å². The molecule has 1 saturated carbocycles. The lowest BCUT2D eigenvalue weighted by atomic mass is 10.0. The predicted octanol–water partition coefficient (Wildman–Crippen LogP) is 4.62. The molecule has 0 bridgehead atoms. The van der Waals surface area contributed by atoms with Crippen molar-refractivity contribution in [3.05, 3.63) is 29.8 Å². The zero-order chi connectivity index (χ0) is 13.5. The minimum absolute atomic E-state index is 0.343. The van der Waals surface area contributed by atoms with Gasteiger partial charge in [0.15, 0.2) is 0 Å². The van der Waals surface area contributed by atoms with Crippen LogP contribution in [0.3, 0.4) is 0 Å². The fourth-order valence-electron chi connectivity index (χ4n) is 2.28. The van der Waals surface area contributed by atoms with Gasteiger partial charge in [0.05, 0.1) is 12.2 Å². The minimum Gasteiger partial charge on any atom is -0.490 e. The fourth-order valence-corrected chi connectivity index (χ4v) is 2.28. The Kier molecular flexibility index (Phi) is 5.71. The number of ether oxygens (including phenoxy) is 1. The molecular weight excluding hydrogens is 236 g/mol. The molecule has 0 aliphatic heterocycles. The standard InChI is InChI=1S/C17H26O2/c1-2-3-4-5-6-10-17(18)14-8-7-9-16(13-14)19-15-11-12-15/h7-9,13,15,17-18H,2-6,10-12H2,1H3. The monoisotopic (exact) mass is 262 g/mol. The summed E-state index contributed by atoms with van der Waals surface area (Å²) in [5, 5.41) is 10.2. The third-order valence-electron chi connectivity index (χ3n) is 3.65. The van der Waals surface area contributed by atoms with Crippen molar-refractivity contribution < 1.29 is 9.84 Å². The van der Waals surface area contributed by atoms with Crippen LogP contribution in [0.1, 0.15) is 70.0 Å². The van der Waals surface area contributed by atoms with Crippen LogP contribution in [0.2, 0.25) is 0 Å². The van der Waals surface area contributed by atoms with Gasteiger partial charge in [0.1, 0.15) is 5.75 Å². The molecular formula is C17H26O2. The molecule has 1 atom stereocenters. The first-order valence-electron chi connectivity index (χ1n) is 7.74. The van der Waals surface area contributed by atoms with Crippen LogP contribution in [0.5, 0.6) is 5.75 Å². The van der Waals surface area contributed by atoms with Gasteiger partial charge in [-0.15, -0.1) is 0 Å². The second-order valence-electron chi connectivity index (χ2n) is 5.61. The molecule has 1 aliphatic carbocycles. The van der Waals surface area contributed by atoms with Crippen molar-refractivity contribution in [2.45, 2.75) is 70.5 Å². The van der Waals surface area contributed by atoms with Gasteiger partial charge in [0, 0.05) is 0 Å². The Balaban J connectivity index is 1.75. The number of unbranched alkanes of at least 4 members (excludes halogenated alkanes) is 4. The van der Waals surface area contributed by atoms with Gasteiger partial charge in [-0.1, -0.05) is 51.2 Å². The van der Waals surface area contributed by atoms with Gasteiger partial charge in [0.2, 0.25) is 0 Å². The zero-order valence-corrected chi connectivity index (χ0v) is 12.0. The second-order valence-corrected chi connectivity index (χ2v) is 5.61. The number of hydrogen-bond acceptors (Lipinski definition) is 2. The molecule has 19 heavy (non-hydrogen) atoms. The quantitative estimate of drug-likeness (QED) is 0.658. The van der Waals surface area contributed by atoms with Gasteiger partial charge in [-0.05, 0) is 37.0 Å². The summed E-state index contributed by atoms with van der Waals surface area (Å²) in [4.78, 5) is 0. The van der Waals surface area contributed by atoms with Gasteiger partial charge in [-0.3, -0.25) is 0 Å². The van der Waals surface area contributed by atoms with Crippen LogP contribution in [-0.2, 0) is 0 Å². The Morgan fingerprint density at radius 1 is 1.21 bits per heavy atom. The van der Waals surface area contributed by atoms with E-state index in [1.165, 1.54) is 38.5 Å². The summed E-state index contributed by atoms with van der Waals surface area (Å²) in [5.74, 6) is 0.907. The Morgan fingerprint density at radius 3 is 2.74 bits per heavy atom. The van der Waals surface area contributed by atoms with Gasteiger partial charge >= 0.3 is 0 Å². The van der Waals surface area contributed by atoms with E-state index in [4.69, 9.17) is 4.74 Å². The lowest BCUT2D eigenvalue weighted by molar-refractivity contribution is 0.162. The summed E-state index contributed by atoms with van der Waals surface area (Å²) in [6, 6.07) is 7.95. The number of rotatable bonds is 9. The van der Waals surface area contributed by atoms with Gasteiger partial charge in [0.25, 0.3) is 0 Å². The van der Waals surface area contributed by atoms with E-state index < -0.39 is 0 Å². The maximum atomic E-state index is 10.2. The smallest absolute Gasteiger partial charge is 0.120 e. The molecule has 0 heterocycles. The van der Waals surface area contributed by atoms with Crippen LogP contribution in [0.25, 0.3) is 0 Å². The van der Waals surface area contributed by atoms with E-state index in [1.54, 1.807) is 0 Å². The molecule has 1 aliphatic rings. The number of aliphatic hydroxyl groups is 1. The van der Waals surface area contributed by atoms with E-state index in [1.807, 2.05) is 24.3 Å². The Morgan fingerprint density at radius 2 is 2.00 bits per heavy atom. The third-order valence-corrected chi connectivity index (χ3v) is 3.65. The minimum atomic E-state index is -0.343. The summed E-state index contributed by atoms with van der Waals surface area (Å²) >= 11 is 0. The maximum Gasteiger partial charge on any atom is 0.120 e. The molecule has 106 valence electrons. The highest BCUT2D eigenvalue weighted by molar-refractivity contribution is 5.30. The van der Waals surface area contributed by atoms with Crippen LogP contribution in [-0.4, -0.2) is 11.2 Å². The zero-order valence-electron chi connectivity index (χ0n) is 12.0. The molecule has 1 fully saturated rings. The van der Waals surface area contributed by atoms with Crippen molar-refractivity contribution in [1.29, 1.82) is 0 Å². The molecule has 1 aromatic carbocycles. The molecule has 0 saturated heterocycles. The Labute approximate surface area is 116 Å². The van der Waals surface area contributed by atoms with Crippen molar-refractivity contribution in [2.75, 3.05) is 0 Å². The van der Waals surface area contributed by atoms with Crippen LogP contribution in [0.15, 0.2) is 24.3 Å². The summed E-state index contributed by atoms with van der Waals surface area (Å²) in [6.07, 6.45) is 9.46.